The maximum absolute atomic E-state index is 11.4. The molecule has 0 bridgehead atoms. The minimum absolute atomic E-state index is 0.0262. The summed E-state index contributed by atoms with van der Waals surface area (Å²) in [7, 11) is 1.60. The molecule has 0 atom stereocenters. The molecular formula is C14H21NO3. The summed E-state index contributed by atoms with van der Waals surface area (Å²) in [6.07, 6.45) is 2.46. The highest BCUT2D eigenvalue weighted by atomic mass is 16.5. The van der Waals surface area contributed by atoms with Gasteiger partial charge in [-0.3, -0.25) is 4.79 Å². The van der Waals surface area contributed by atoms with Crippen LogP contribution in [0, 0.1) is 0 Å². The number of unbranched alkanes of at least 4 members (excludes halogenated alkanes) is 1. The van der Waals surface area contributed by atoms with Gasteiger partial charge in [0.15, 0.2) is 11.5 Å². The Hall–Kier alpha value is -1.71. The van der Waals surface area contributed by atoms with Gasteiger partial charge in [0.1, 0.15) is 0 Å². The Morgan fingerprint density at radius 2 is 2.00 bits per heavy atom. The Labute approximate surface area is 108 Å². The highest BCUT2D eigenvalue weighted by Gasteiger charge is 2.04. The summed E-state index contributed by atoms with van der Waals surface area (Å²) >= 11 is 0. The number of carbonyl (C=O) groups is 1. The van der Waals surface area contributed by atoms with Crippen molar-refractivity contribution in [2.75, 3.05) is 20.3 Å². The fourth-order valence-corrected chi connectivity index (χ4v) is 1.48. The zero-order valence-electron chi connectivity index (χ0n) is 11.1. The first-order chi connectivity index (χ1) is 8.77. The summed E-state index contributed by atoms with van der Waals surface area (Å²) < 4.78 is 10.7. The van der Waals surface area contributed by atoms with E-state index in [4.69, 9.17) is 9.47 Å². The summed E-state index contributed by atoms with van der Waals surface area (Å²) in [6, 6.07) is 7.41. The molecule has 0 aromatic heterocycles. The van der Waals surface area contributed by atoms with Gasteiger partial charge in [-0.25, -0.2) is 0 Å². The molecule has 18 heavy (non-hydrogen) atoms. The van der Waals surface area contributed by atoms with Gasteiger partial charge in [0.25, 0.3) is 0 Å². The molecule has 0 saturated carbocycles. The fraction of sp³-hybridized carbons (Fsp3) is 0.500. The largest absolute Gasteiger partial charge is 0.493 e. The number of amides is 1. The monoisotopic (exact) mass is 251 g/mol. The second-order valence-electron chi connectivity index (χ2n) is 3.95. The Kier molecular flexibility index (Phi) is 6.69. The first kappa shape index (κ1) is 14.4. The number of ether oxygens (including phenoxy) is 2. The van der Waals surface area contributed by atoms with Crippen LogP contribution in [-0.4, -0.2) is 26.2 Å². The highest BCUT2D eigenvalue weighted by Crippen LogP contribution is 2.25. The first-order valence-electron chi connectivity index (χ1n) is 6.30. The standard InChI is InChI=1S/C14H21NO3/c1-3-4-10-15-14(16)9-11-18-13-8-6-5-7-12(13)17-2/h5-8H,3-4,9-11H2,1-2H3,(H,15,16). The molecule has 0 aliphatic heterocycles. The molecule has 1 rings (SSSR count). The molecule has 1 amide bonds. The van der Waals surface area contributed by atoms with Crippen molar-refractivity contribution in [1.82, 2.24) is 5.32 Å². The number of methoxy groups -OCH3 is 1. The minimum atomic E-state index is 0.0262. The molecule has 1 aromatic carbocycles. The van der Waals surface area contributed by atoms with Crippen molar-refractivity contribution < 1.29 is 14.3 Å². The topological polar surface area (TPSA) is 47.6 Å². The van der Waals surface area contributed by atoms with E-state index in [1.807, 2.05) is 24.3 Å². The van der Waals surface area contributed by atoms with Gasteiger partial charge in [-0.2, -0.15) is 0 Å². The van der Waals surface area contributed by atoms with Crippen molar-refractivity contribution >= 4 is 5.91 Å². The van der Waals surface area contributed by atoms with Crippen LogP contribution in [0.15, 0.2) is 24.3 Å². The van der Waals surface area contributed by atoms with Crippen molar-refractivity contribution in [3.05, 3.63) is 24.3 Å². The van der Waals surface area contributed by atoms with Crippen molar-refractivity contribution in [2.24, 2.45) is 0 Å². The Balaban J connectivity index is 2.26. The molecule has 0 heterocycles. The van der Waals surface area contributed by atoms with Crippen molar-refractivity contribution in [3.8, 4) is 11.5 Å². The maximum Gasteiger partial charge on any atom is 0.223 e. The highest BCUT2D eigenvalue weighted by molar-refractivity contribution is 5.75. The molecule has 0 aliphatic carbocycles. The van der Waals surface area contributed by atoms with Crippen molar-refractivity contribution in [2.45, 2.75) is 26.2 Å². The average molecular weight is 251 g/mol. The third kappa shape index (κ3) is 5.08. The molecule has 0 radical (unpaired) electrons. The van der Waals surface area contributed by atoms with Crippen molar-refractivity contribution in [1.29, 1.82) is 0 Å². The van der Waals surface area contributed by atoms with Crippen LogP contribution in [0.4, 0.5) is 0 Å². The fourth-order valence-electron chi connectivity index (χ4n) is 1.48. The molecule has 0 unspecified atom stereocenters. The van der Waals surface area contributed by atoms with Crippen LogP contribution in [0.1, 0.15) is 26.2 Å². The Bertz CT molecular complexity index is 366. The average Bonchev–Trinajstić information content (AvgIpc) is 2.39. The van der Waals surface area contributed by atoms with E-state index in [2.05, 4.69) is 12.2 Å². The molecule has 0 spiro atoms. The van der Waals surface area contributed by atoms with E-state index >= 15 is 0 Å². The number of hydrogen-bond acceptors (Lipinski definition) is 3. The van der Waals surface area contributed by atoms with Crippen LogP contribution in [0.5, 0.6) is 11.5 Å². The quantitative estimate of drug-likeness (QED) is 0.722. The number of para-hydroxylation sites is 2. The lowest BCUT2D eigenvalue weighted by molar-refractivity contribution is -0.121. The Morgan fingerprint density at radius 1 is 1.28 bits per heavy atom. The summed E-state index contributed by atoms with van der Waals surface area (Å²) in [5, 5.41) is 2.85. The predicted molar refractivity (Wildman–Crippen MR) is 71.0 cm³/mol. The number of rotatable bonds is 8. The summed E-state index contributed by atoms with van der Waals surface area (Å²) in [4.78, 5) is 11.4. The molecule has 0 fully saturated rings. The molecular weight excluding hydrogens is 230 g/mol. The van der Waals surface area contributed by atoms with Gasteiger partial charge in [0.2, 0.25) is 5.91 Å². The molecule has 100 valence electrons. The smallest absolute Gasteiger partial charge is 0.223 e. The van der Waals surface area contributed by atoms with Gasteiger partial charge < -0.3 is 14.8 Å². The minimum Gasteiger partial charge on any atom is -0.493 e. The van der Waals surface area contributed by atoms with E-state index in [9.17, 15) is 4.79 Å². The maximum atomic E-state index is 11.4. The lowest BCUT2D eigenvalue weighted by Crippen LogP contribution is -2.25. The van der Waals surface area contributed by atoms with E-state index in [1.165, 1.54) is 0 Å². The van der Waals surface area contributed by atoms with Crippen LogP contribution in [0.3, 0.4) is 0 Å². The zero-order chi connectivity index (χ0) is 13.2. The van der Waals surface area contributed by atoms with Gasteiger partial charge in [-0.1, -0.05) is 25.5 Å². The van der Waals surface area contributed by atoms with Crippen LogP contribution in [-0.2, 0) is 4.79 Å². The van der Waals surface area contributed by atoms with Gasteiger partial charge >= 0.3 is 0 Å². The van der Waals surface area contributed by atoms with Gasteiger partial charge in [-0.15, -0.1) is 0 Å². The number of nitrogens with one attached hydrogen (secondary N) is 1. The third-order valence-corrected chi connectivity index (χ3v) is 2.51. The second-order valence-corrected chi connectivity index (χ2v) is 3.95. The van der Waals surface area contributed by atoms with E-state index in [0.29, 0.717) is 24.5 Å². The number of carbonyl (C=O) groups excluding carboxylic acids is 1. The second kappa shape index (κ2) is 8.39. The molecule has 1 aromatic rings. The van der Waals surface area contributed by atoms with Gasteiger partial charge in [0, 0.05) is 6.54 Å². The molecule has 1 N–H and O–H groups in total. The van der Waals surface area contributed by atoms with Crippen molar-refractivity contribution in [3.63, 3.8) is 0 Å². The molecule has 4 nitrogen and oxygen atoms in total. The van der Waals surface area contributed by atoms with Crippen LogP contribution >= 0.6 is 0 Å². The summed E-state index contributed by atoms with van der Waals surface area (Å²) in [6.45, 7) is 3.19. The van der Waals surface area contributed by atoms with E-state index in [0.717, 1.165) is 19.4 Å². The lowest BCUT2D eigenvalue weighted by atomic mass is 10.3. The Morgan fingerprint density at radius 3 is 2.67 bits per heavy atom. The van der Waals surface area contributed by atoms with Gasteiger partial charge in [-0.05, 0) is 18.6 Å². The SMILES string of the molecule is CCCCNC(=O)CCOc1ccccc1OC. The molecule has 0 aliphatic rings. The van der Waals surface area contributed by atoms with Gasteiger partial charge in [0.05, 0.1) is 20.1 Å². The van der Waals surface area contributed by atoms with Crippen LogP contribution in [0.2, 0.25) is 0 Å². The normalized spacial score (nSPS) is 9.89. The summed E-state index contributed by atoms with van der Waals surface area (Å²) in [5.41, 5.74) is 0. The first-order valence-corrected chi connectivity index (χ1v) is 6.30. The van der Waals surface area contributed by atoms with Crippen LogP contribution in [0.25, 0.3) is 0 Å². The van der Waals surface area contributed by atoms with E-state index < -0.39 is 0 Å². The third-order valence-electron chi connectivity index (χ3n) is 2.51. The number of hydrogen-bond donors (Lipinski definition) is 1. The lowest BCUT2D eigenvalue weighted by Gasteiger charge is -2.10. The van der Waals surface area contributed by atoms with Crippen LogP contribution < -0.4 is 14.8 Å². The molecule has 4 heteroatoms. The van der Waals surface area contributed by atoms with E-state index in [1.54, 1.807) is 7.11 Å². The number of benzene rings is 1. The van der Waals surface area contributed by atoms with E-state index in [-0.39, 0.29) is 5.91 Å². The zero-order valence-corrected chi connectivity index (χ0v) is 11.1. The summed E-state index contributed by atoms with van der Waals surface area (Å²) in [5.74, 6) is 1.38. The molecule has 0 saturated heterocycles. The predicted octanol–water partition coefficient (Wildman–Crippen LogP) is 2.38.